The summed E-state index contributed by atoms with van der Waals surface area (Å²) in [7, 11) is 0. The Morgan fingerprint density at radius 1 is 0.947 bits per heavy atom. The van der Waals surface area contributed by atoms with E-state index in [1.807, 2.05) is 24.3 Å². The van der Waals surface area contributed by atoms with Crippen LogP contribution in [0.5, 0.6) is 0 Å². The topological polar surface area (TPSA) is 105 Å². The molecule has 1 aromatic heterocycles. The minimum absolute atomic E-state index is 0.0811. The predicted molar refractivity (Wildman–Crippen MR) is 136 cm³/mol. The van der Waals surface area contributed by atoms with Gasteiger partial charge in [0.25, 0.3) is 0 Å². The van der Waals surface area contributed by atoms with Crippen LogP contribution in [0, 0.1) is 23.0 Å². The number of nitrogens with one attached hydrogen (secondary N) is 1. The highest BCUT2D eigenvalue weighted by Gasteiger charge is 2.39. The van der Waals surface area contributed by atoms with E-state index >= 15 is 0 Å². The van der Waals surface area contributed by atoms with Crippen LogP contribution in [0.25, 0.3) is 0 Å². The molecule has 38 heavy (non-hydrogen) atoms. The Morgan fingerprint density at radius 2 is 1.63 bits per heavy atom. The van der Waals surface area contributed by atoms with Crippen molar-refractivity contribution in [1.82, 2.24) is 10.2 Å². The first-order valence-electron chi connectivity index (χ1n) is 13.2. The van der Waals surface area contributed by atoms with E-state index < -0.39 is 23.5 Å². The fourth-order valence-electron chi connectivity index (χ4n) is 6.07. The van der Waals surface area contributed by atoms with Crippen molar-refractivity contribution in [2.75, 3.05) is 5.32 Å². The average Bonchev–Trinajstić information content (AvgIpc) is 3.37. The molecule has 2 N–H and O–H groups in total. The Morgan fingerprint density at radius 3 is 2.29 bits per heavy atom. The number of carbonyl (C=O) groups is 2. The molecule has 0 aliphatic heterocycles. The molecule has 0 bridgehead atoms. The molecule has 0 radical (unpaired) electrons. The number of rotatable bonds is 7. The minimum Gasteiger partial charge on any atom is -0.481 e. The Bertz CT molecular complexity index is 1290. The van der Waals surface area contributed by atoms with E-state index in [2.05, 4.69) is 15.5 Å². The van der Waals surface area contributed by atoms with E-state index in [-0.39, 0.29) is 18.2 Å². The second-order valence-corrected chi connectivity index (χ2v) is 10.8. The number of hydrogen-bond acceptors (Lipinski definition) is 5. The molecule has 0 unspecified atom stereocenters. The molecular formula is C29H31F2N3O4. The van der Waals surface area contributed by atoms with Crippen LogP contribution in [0.1, 0.15) is 91.4 Å². The van der Waals surface area contributed by atoms with E-state index in [4.69, 9.17) is 9.52 Å². The Balaban J connectivity index is 1.12. The third kappa shape index (κ3) is 6.09. The summed E-state index contributed by atoms with van der Waals surface area (Å²) in [5, 5.41) is 19.4. The molecular weight excluding hydrogens is 492 g/mol. The lowest BCUT2D eigenvalue weighted by Gasteiger charge is -2.45. The van der Waals surface area contributed by atoms with Crippen molar-refractivity contribution in [3.05, 3.63) is 77.0 Å². The number of benzene rings is 2. The summed E-state index contributed by atoms with van der Waals surface area (Å²) < 4.78 is 31.9. The summed E-state index contributed by atoms with van der Waals surface area (Å²) in [5.74, 6) is -2.39. The maximum Gasteiger partial charge on any atom is 0.313 e. The second kappa shape index (κ2) is 11.0. The highest BCUT2D eigenvalue weighted by molar-refractivity contribution is 6.00. The molecule has 1 spiro atoms. The number of aliphatic carboxylic acids is 1. The Hall–Kier alpha value is -3.62. The van der Waals surface area contributed by atoms with Crippen molar-refractivity contribution < 1.29 is 27.9 Å². The summed E-state index contributed by atoms with van der Waals surface area (Å²) in [5.41, 5.74) is 2.70. The van der Waals surface area contributed by atoms with Crippen LogP contribution in [0.3, 0.4) is 0 Å². The molecule has 0 saturated heterocycles. The van der Waals surface area contributed by atoms with Gasteiger partial charge in [0, 0.05) is 12.1 Å². The normalized spacial score (nSPS) is 23.3. The van der Waals surface area contributed by atoms with E-state index in [1.54, 1.807) is 0 Å². The molecule has 9 heteroatoms. The summed E-state index contributed by atoms with van der Waals surface area (Å²) >= 11 is 0. The molecule has 2 aliphatic carbocycles. The van der Waals surface area contributed by atoms with Gasteiger partial charge >= 0.3 is 17.8 Å². The molecule has 2 aliphatic rings. The second-order valence-electron chi connectivity index (χ2n) is 10.8. The van der Waals surface area contributed by atoms with Gasteiger partial charge < -0.3 is 14.8 Å². The van der Waals surface area contributed by atoms with Crippen LogP contribution in [-0.2, 0) is 11.2 Å². The van der Waals surface area contributed by atoms with Gasteiger partial charge in [0.1, 0.15) is 0 Å². The lowest BCUT2D eigenvalue weighted by molar-refractivity contribution is -0.138. The van der Waals surface area contributed by atoms with Crippen LogP contribution in [0.4, 0.5) is 14.5 Å². The molecule has 200 valence electrons. The van der Waals surface area contributed by atoms with Crippen LogP contribution in [0.15, 0.2) is 46.9 Å². The summed E-state index contributed by atoms with van der Waals surface area (Å²) in [6, 6.07) is 11.3. The van der Waals surface area contributed by atoms with Crippen molar-refractivity contribution in [3.63, 3.8) is 0 Å². The number of carboxylic acids is 1. The van der Waals surface area contributed by atoms with Crippen LogP contribution in [-0.4, -0.2) is 27.2 Å². The molecule has 5 rings (SSSR count). The smallest absolute Gasteiger partial charge is 0.313 e. The first-order valence-corrected chi connectivity index (χ1v) is 13.2. The molecule has 7 nitrogen and oxygen atoms in total. The van der Waals surface area contributed by atoms with Gasteiger partial charge in [-0.15, -0.1) is 10.2 Å². The van der Waals surface area contributed by atoms with Gasteiger partial charge in [-0.2, -0.15) is 0 Å². The van der Waals surface area contributed by atoms with Crippen LogP contribution < -0.4 is 5.32 Å². The molecule has 2 aromatic carbocycles. The van der Waals surface area contributed by atoms with E-state index in [0.29, 0.717) is 34.9 Å². The van der Waals surface area contributed by atoms with Crippen molar-refractivity contribution in [2.45, 2.75) is 70.1 Å². The summed E-state index contributed by atoms with van der Waals surface area (Å²) in [6.07, 6.45) is 9.32. The van der Waals surface area contributed by atoms with Gasteiger partial charge in [0.2, 0.25) is 5.89 Å². The highest BCUT2D eigenvalue weighted by Crippen LogP contribution is 2.52. The highest BCUT2D eigenvalue weighted by atomic mass is 19.2. The standard InChI is InChI=1S/C29H31F2N3O4/c30-23-6-1-19(15-24(23)31)16-25-33-34-28(38-25)27(37)32-22-4-2-20(3-5-22)21-9-13-29(14-10-21)11-7-18(8-12-29)17-26(35)36/h1-6,15,18,21H,7-14,16-17H2,(H,32,37)(H,35,36). The number of amides is 1. The zero-order valence-corrected chi connectivity index (χ0v) is 21.1. The molecule has 3 aromatic rings. The Kier molecular flexibility index (Phi) is 7.53. The number of halogens is 2. The fraction of sp³-hybridized carbons (Fsp3) is 0.448. The van der Waals surface area contributed by atoms with Gasteiger partial charge in [-0.25, -0.2) is 8.78 Å². The summed E-state index contributed by atoms with van der Waals surface area (Å²) in [4.78, 5) is 23.6. The quantitative estimate of drug-likeness (QED) is 0.366. The van der Waals surface area contributed by atoms with Crippen LogP contribution in [0.2, 0.25) is 0 Å². The first kappa shape index (κ1) is 26.0. The lowest BCUT2D eigenvalue weighted by Crippen LogP contribution is -2.32. The van der Waals surface area contributed by atoms with Crippen molar-refractivity contribution >= 4 is 17.6 Å². The van der Waals surface area contributed by atoms with Crippen molar-refractivity contribution in [3.8, 4) is 0 Å². The number of carbonyl (C=O) groups excluding carboxylic acids is 1. The van der Waals surface area contributed by atoms with Crippen molar-refractivity contribution in [1.29, 1.82) is 0 Å². The number of anilines is 1. The maximum absolute atomic E-state index is 13.4. The monoisotopic (exact) mass is 523 g/mol. The van der Waals surface area contributed by atoms with Gasteiger partial charge in [0.05, 0.1) is 6.42 Å². The van der Waals surface area contributed by atoms with Gasteiger partial charge in [-0.05, 0) is 104 Å². The minimum atomic E-state index is -0.962. The Labute approximate surface area is 219 Å². The third-order valence-electron chi connectivity index (χ3n) is 8.32. The summed E-state index contributed by atoms with van der Waals surface area (Å²) in [6.45, 7) is 0. The largest absolute Gasteiger partial charge is 0.481 e. The fourth-order valence-corrected chi connectivity index (χ4v) is 6.07. The average molecular weight is 524 g/mol. The zero-order chi connectivity index (χ0) is 26.7. The van der Waals surface area contributed by atoms with Crippen molar-refractivity contribution in [2.24, 2.45) is 11.3 Å². The molecule has 0 atom stereocenters. The van der Waals surface area contributed by atoms with E-state index in [1.165, 1.54) is 24.5 Å². The SMILES string of the molecule is O=C(O)CC1CCC2(CC1)CCC(c1ccc(NC(=O)c3nnc(Cc4ccc(F)c(F)c4)o3)cc1)CC2. The lowest BCUT2D eigenvalue weighted by atomic mass is 9.60. The number of carboxylic acid groups (broad SMARTS) is 1. The third-order valence-corrected chi connectivity index (χ3v) is 8.32. The van der Waals surface area contributed by atoms with Gasteiger partial charge in [-0.3, -0.25) is 9.59 Å². The van der Waals surface area contributed by atoms with Gasteiger partial charge in [-0.1, -0.05) is 18.2 Å². The van der Waals surface area contributed by atoms with Gasteiger partial charge in [0.15, 0.2) is 11.6 Å². The molecule has 2 saturated carbocycles. The molecule has 2 fully saturated rings. The van der Waals surface area contributed by atoms with E-state index in [9.17, 15) is 18.4 Å². The molecule has 1 amide bonds. The maximum atomic E-state index is 13.4. The number of nitrogens with zero attached hydrogens (tertiary/aromatic N) is 2. The number of hydrogen-bond donors (Lipinski definition) is 2. The van der Waals surface area contributed by atoms with E-state index in [0.717, 1.165) is 50.7 Å². The first-order chi connectivity index (χ1) is 18.3. The van der Waals surface area contributed by atoms with Crippen LogP contribution >= 0.6 is 0 Å². The molecule has 1 heterocycles. The zero-order valence-electron chi connectivity index (χ0n) is 21.1. The predicted octanol–water partition coefficient (Wildman–Crippen LogP) is 6.50. The number of aromatic nitrogens is 2.